The lowest BCUT2D eigenvalue weighted by molar-refractivity contribution is -0.147. The Hall–Kier alpha value is -1.10. The van der Waals surface area contributed by atoms with Gasteiger partial charge in [-0.3, -0.25) is 9.59 Å². The fourth-order valence-corrected chi connectivity index (χ4v) is 0.121. The molecule has 0 unspecified atom stereocenters. The van der Waals surface area contributed by atoms with Crippen LogP contribution in [0.15, 0.2) is 0 Å². The Bertz CT molecular complexity index is 136. The SMILES string of the molecule is CC(O)(C(N)=O)C(N)=O. The lowest BCUT2D eigenvalue weighted by atomic mass is 10.1. The summed E-state index contributed by atoms with van der Waals surface area (Å²) in [5, 5.41) is 8.72. The number of rotatable bonds is 2. The van der Waals surface area contributed by atoms with E-state index < -0.39 is 17.4 Å². The maximum absolute atomic E-state index is 10.1. The van der Waals surface area contributed by atoms with Crippen molar-refractivity contribution in [3.8, 4) is 0 Å². The van der Waals surface area contributed by atoms with Crippen LogP contribution in [0.3, 0.4) is 0 Å². The summed E-state index contributed by atoms with van der Waals surface area (Å²) in [6.07, 6.45) is 0. The first-order valence-electron chi connectivity index (χ1n) is 2.21. The first kappa shape index (κ1) is 7.90. The molecule has 0 aromatic carbocycles. The third-order valence-electron chi connectivity index (χ3n) is 0.960. The zero-order valence-electron chi connectivity index (χ0n) is 4.92. The van der Waals surface area contributed by atoms with Crippen LogP contribution in [0.2, 0.25) is 0 Å². The van der Waals surface area contributed by atoms with Gasteiger partial charge in [0.25, 0.3) is 11.8 Å². The van der Waals surface area contributed by atoms with Gasteiger partial charge in [-0.1, -0.05) is 0 Å². The van der Waals surface area contributed by atoms with Gasteiger partial charge in [-0.25, -0.2) is 0 Å². The van der Waals surface area contributed by atoms with E-state index in [4.69, 9.17) is 5.11 Å². The molecule has 0 radical (unpaired) electrons. The molecular formula is C4H8N2O3. The summed E-state index contributed by atoms with van der Waals surface area (Å²) in [5.41, 5.74) is 6.94. The van der Waals surface area contributed by atoms with Crippen molar-refractivity contribution < 1.29 is 14.7 Å². The summed E-state index contributed by atoms with van der Waals surface area (Å²) < 4.78 is 0. The van der Waals surface area contributed by atoms with Crippen molar-refractivity contribution in [2.75, 3.05) is 0 Å². The average molecular weight is 132 g/mol. The number of aliphatic hydroxyl groups is 1. The molecule has 5 nitrogen and oxygen atoms in total. The molecule has 52 valence electrons. The normalized spacial score (nSPS) is 10.9. The maximum Gasteiger partial charge on any atom is 0.258 e. The molecule has 0 spiro atoms. The van der Waals surface area contributed by atoms with E-state index in [1.54, 1.807) is 0 Å². The Balaban J connectivity index is 4.38. The van der Waals surface area contributed by atoms with E-state index in [0.29, 0.717) is 0 Å². The van der Waals surface area contributed by atoms with Gasteiger partial charge in [-0.15, -0.1) is 0 Å². The van der Waals surface area contributed by atoms with E-state index in [1.165, 1.54) is 0 Å². The number of hydrogen-bond acceptors (Lipinski definition) is 3. The largest absolute Gasteiger partial charge is 0.372 e. The minimum Gasteiger partial charge on any atom is -0.372 e. The topological polar surface area (TPSA) is 106 Å². The van der Waals surface area contributed by atoms with Gasteiger partial charge >= 0.3 is 0 Å². The minimum atomic E-state index is -2.22. The van der Waals surface area contributed by atoms with Crippen LogP contribution in [-0.2, 0) is 9.59 Å². The van der Waals surface area contributed by atoms with E-state index in [1.807, 2.05) is 0 Å². The molecule has 9 heavy (non-hydrogen) atoms. The first-order chi connectivity index (χ1) is 3.89. The van der Waals surface area contributed by atoms with Crippen molar-refractivity contribution in [2.45, 2.75) is 12.5 Å². The predicted octanol–water partition coefficient (Wildman–Crippen LogP) is -2.29. The number of primary amides is 2. The van der Waals surface area contributed by atoms with Crippen molar-refractivity contribution in [2.24, 2.45) is 11.5 Å². The molecule has 5 heteroatoms. The van der Waals surface area contributed by atoms with Crippen molar-refractivity contribution in [1.29, 1.82) is 0 Å². The Kier molecular flexibility index (Phi) is 1.77. The van der Waals surface area contributed by atoms with Crippen LogP contribution in [0.5, 0.6) is 0 Å². The highest BCUT2D eigenvalue weighted by Gasteiger charge is 2.34. The second kappa shape index (κ2) is 2.02. The maximum atomic E-state index is 10.1. The minimum absolute atomic E-state index is 0.942. The predicted molar refractivity (Wildman–Crippen MR) is 29.0 cm³/mol. The fraction of sp³-hybridized carbons (Fsp3) is 0.500. The molecule has 0 aliphatic heterocycles. The summed E-state index contributed by atoms with van der Waals surface area (Å²) in [5.74, 6) is -2.29. The van der Waals surface area contributed by atoms with Crippen LogP contribution in [0, 0.1) is 0 Å². The van der Waals surface area contributed by atoms with Gasteiger partial charge in [-0.2, -0.15) is 0 Å². The zero-order valence-corrected chi connectivity index (χ0v) is 4.92. The van der Waals surface area contributed by atoms with Crippen molar-refractivity contribution >= 4 is 11.8 Å². The highest BCUT2D eigenvalue weighted by atomic mass is 16.3. The third kappa shape index (κ3) is 1.39. The fourth-order valence-electron chi connectivity index (χ4n) is 0.121. The van der Waals surface area contributed by atoms with Gasteiger partial charge in [-0.05, 0) is 6.92 Å². The van der Waals surface area contributed by atoms with Crippen molar-refractivity contribution in [3.63, 3.8) is 0 Å². The second-order valence-electron chi connectivity index (χ2n) is 1.80. The van der Waals surface area contributed by atoms with Crippen LogP contribution in [-0.4, -0.2) is 22.5 Å². The summed E-state index contributed by atoms with van der Waals surface area (Å²) in [7, 11) is 0. The van der Waals surface area contributed by atoms with Gasteiger partial charge < -0.3 is 16.6 Å². The summed E-state index contributed by atoms with van der Waals surface area (Å²) in [6.45, 7) is 0.942. The molecule has 0 aliphatic carbocycles. The molecule has 0 heterocycles. The lowest BCUT2D eigenvalue weighted by Crippen LogP contribution is -2.51. The molecule has 2 amide bonds. The molecule has 0 saturated heterocycles. The smallest absolute Gasteiger partial charge is 0.258 e. The van der Waals surface area contributed by atoms with Crippen LogP contribution in [0.4, 0.5) is 0 Å². The molecule has 0 rings (SSSR count). The van der Waals surface area contributed by atoms with Gasteiger partial charge in [0.15, 0.2) is 0 Å². The molecule has 0 aromatic rings. The Morgan fingerprint density at radius 3 is 1.56 bits per heavy atom. The van der Waals surface area contributed by atoms with Crippen LogP contribution < -0.4 is 11.5 Å². The van der Waals surface area contributed by atoms with Crippen LogP contribution in [0.25, 0.3) is 0 Å². The molecular weight excluding hydrogens is 124 g/mol. The highest BCUT2D eigenvalue weighted by molar-refractivity contribution is 6.06. The quantitative estimate of drug-likeness (QED) is 0.368. The summed E-state index contributed by atoms with van der Waals surface area (Å²) in [4.78, 5) is 20.3. The number of hydrogen-bond donors (Lipinski definition) is 3. The molecule has 0 aliphatic rings. The molecule has 0 fully saturated rings. The highest BCUT2D eigenvalue weighted by Crippen LogP contribution is 1.98. The monoisotopic (exact) mass is 132 g/mol. The lowest BCUT2D eigenvalue weighted by Gasteiger charge is -2.12. The molecule has 0 atom stereocenters. The van der Waals surface area contributed by atoms with Gasteiger partial charge in [0.05, 0.1) is 0 Å². The first-order valence-corrected chi connectivity index (χ1v) is 2.21. The molecule has 0 bridgehead atoms. The number of carbonyl (C=O) groups excluding carboxylic acids is 2. The van der Waals surface area contributed by atoms with Gasteiger partial charge in [0, 0.05) is 0 Å². The van der Waals surface area contributed by atoms with Crippen molar-refractivity contribution in [1.82, 2.24) is 0 Å². The third-order valence-corrected chi connectivity index (χ3v) is 0.960. The second-order valence-corrected chi connectivity index (χ2v) is 1.80. The van der Waals surface area contributed by atoms with E-state index in [0.717, 1.165) is 6.92 Å². The Labute approximate surface area is 51.6 Å². The Morgan fingerprint density at radius 2 is 1.56 bits per heavy atom. The van der Waals surface area contributed by atoms with E-state index in [9.17, 15) is 9.59 Å². The van der Waals surface area contributed by atoms with Gasteiger partial charge in [0.2, 0.25) is 5.60 Å². The van der Waals surface area contributed by atoms with Gasteiger partial charge in [0.1, 0.15) is 0 Å². The van der Waals surface area contributed by atoms with Crippen LogP contribution in [0.1, 0.15) is 6.92 Å². The number of amides is 2. The number of nitrogens with two attached hydrogens (primary N) is 2. The summed E-state index contributed by atoms with van der Waals surface area (Å²) in [6, 6.07) is 0. The number of carbonyl (C=O) groups is 2. The van der Waals surface area contributed by atoms with E-state index in [-0.39, 0.29) is 0 Å². The molecule has 0 aromatic heterocycles. The summed E-state index contributed by atoms with van der Waals surface area (Å²) >= 11 is 0. The van der Waals surface area contributed by atoms with E-state index in [2.05, 4.69) is 11.5 Å². The van der Waals surface area contributed by atoms with E-state index >= 15 is 0 Å². The van der Waals surface area contributed by atoms with Crippen LogP contribution >= 0.6 is 0 Å². The van der Waals surface area contributed by atoms with Crippen molar-refractivity contribution in [3.05, 3.63) is 0 Å². The molecule has 0 saturated carbocycles. The standard InChI is InChI=1S/C4H8N2O3/c1-4(9,2(5)7)3(6)8/h9H,1H3,(H2,5,7)(H2,6,8). The average Bonchev–Trinajstić information content (AvgIpc) is 1.65. The Morgan fingerprint density at radius 1 is 1.33 bits per heavy atom. The molecule has 5 N–H and O–H groups in total. The zero-order chi connectivity index (χ0) is 7.65.